The van der Waals surface area contributed by atoms with Gasteiger partial charge in [-0.2, -0.15) is 0 Å². The third-order valence-electron chi connectivity index (χ3n) is 5.24. The lowest BCUT2D eigenvalue weighted by molar-refractivity contribution is -0.385. The molecular weight excluding hydrogens is 389 g/mol. The summed E-state index contributed by atoms with van der Waals surface area (Å²) in [6.45, 7) is 5.58. The highest BCUT2D eigenvalue weighted by Crippen LogP contribution is 2.25. The number of ketones is 1. The molecule has 160 valence electrons. The molecule has 0 N–H and O–H groups in total. The first kappa shape index (κ1) is 21.9. The summed E-state index contributed by atoms with van der Waals surface area (Å²) in [6.07, 6.45) is 1.23. The number of hydrogen-bond acceptors (Lipinski definition) is 6. The normalized spacial score (nSPS) is 15.1. The number of nitrogens with zero attached hydrogens (tertiary/aromatic N) is 3. The highest BCUT2D eigenvalue weighted by atomic mass is 19.1. The van der Waals surface area contributed by atoms with Crippen molar-refractivity contribution in [2.24, 2.45) is 0 Å². The van der Waals surface area contributed by atoms with E-state index in [4.69, 9.17) is 4.74 Å². The smallest absolute Gasteiger partial charge is 0.310 e. The summed E-state index contributed by atoms with van der Waals surface area (Å²) >= 11 is 0. The molecule has 0 aromatic heterocycles. The molecule has 0 saturated carbocycles. The fourth-order valence-electron chi connectivity index (χ4n) is 3.49. The molecule has 2 aromatic rings. The molecule has 2 aromatic carbocycles. The Morgan fingerprint density at radius 3 is 2.30 bits per heavy atom. The van der Waals surface area contributed by atoms with E-state index < -0.39 is 4.92 Å². The van der Waals surface area contributed by atoms with E-state index >= 15 is 0 Å². The number of Topliss-reactive ketones (excluding diaryl/α,β-unsaturated/α-hetero) is 1. The standard InChI is InChI=1S/C22H26FN3O4/c23-19-9-7-18(8-10-19)21(27)5-3-11-24-12-14-25(15-13-24)16-17-30-22-6-2-1-4-20(22)26(28)29/h1-2,4,6-10H,3,5,11-17H2. The second-order valence-electron chi connectivity index (χ2n) is 7.29. The molecule has 8 heteroatoms. The van der Waals surface area contributed by atoms with Crippen molar-refractivity contribution in [3.8, 4) is 5.75 Å². The Labute approximate surface area is 175 Å². The highest BCUT2D eigenvalue weighted by molar-refractivity contribution is 5.95. The zero-order valence-electron chi connectivity index (χ0n) is 16.8. The van der Waals surface area contributed by atoms with Crippen LogP contribution in [0.4, 0.5) is 10.1 Å². The van der Waals surface area contributed by atoms with Crippen molar-refractivity contribution < 1.29 is 18.8 Å². The highest BCUT2D eigenvalue weighted by Gasteiger charge is 2.18. The number of halogens is 1. The third kappa shape index (κ3) is 6.33. The number of ether oxygens (including phenoxy) is 1. The summed E-state index contributed by atoms with van der Waals surface area (Å²) in [6, 6.07) is 12.1. The van der Waals surface area contributed by atoms with Gasteiger partial charge in [-0.25, -0.2) is 4.39 Å². The van der Waals surface area contributed by atoms with Gasteiger partial charge in [0, 0.05) is 50.8 Å². The van der Waals surface area contributed by atoms with Crippen LogP contribution < -0.4 is 4.74 Å². The number of piperazine rings is 1. The van der Waals surface area contributed by atoms with Gasteiger partial charge >= 0.3 is 5.69 Å². The number of para-hydroxylation sites is 2. The van der Waals surface area contributed by atoms with Crippen molar-refractivity contribution in [3.63, 3.8) is 0 Å². The predicted octanol–water partition coefficient (Wildman–Crippen LogP) is 3.39. The van der Waals surface area contributed by atoms with Gasteiger partial charge in [0.05, 0.1) is 4.92 Å². The van der Waals surface area contributed by atoms with Crippen LogP contribution in [-0.4, -0.2) is 66.4 Å². The van der Waals surface area contributed by atoms with E-state index in [1.807, 2.05) is 0 Å². The molecule has 1 heterocycles. The van der Waals surface area contributed by atoms with Gasteiger partial charge in [-0.3, -0.25) is 19.8 Å². The SMILES string of the molecule is O=C(CCCN1CCN(CCOc2ccccc2[N+](=O)[O-])CC1)c1ccc(F)cc1. The van der Waals surface area contributed by atoms with Crippen LogP contribution in [0, 0.1) is 15.9 Å². The summed E-state index contributed by atoms with van der Waals surface area (Å²) in [5.41, 5.74) is 0.539. The first-order valence-corrected chi connectivity index (χ1v) is 10.1. The van der Waals surface area contributed by atoms with E-state index in [-0.39, 0.29) is 17.3 Å². The number of nitro groups is 1. The monoisotopic (exact) mass is 415 g/mol. The van der Waals surface area contributed by atoms with E-state index in [0.717, 1.165) is 39.1 Å². The molecule has 1 saturated heterocycles. The van der Waals surface area contributed by atoms with Crippen molar-refractivity contribution in [1.82, 2.24) is 9.80 Å². The molecule has 0 atom stereocenters. The lowest BCUT2D eigenvalue weighted by Crippen LogP contribution is -2.47. The Kier molecular flexibility index (Phi) is 7.87. The zero-order valence-corrected chi connectivity index (χ0v) is 16.8. The Balaban J connectivity index is 1.32. The second-order valence-corrected chi connectivity index (χ2v) is 7.29. The van der Waals surface area contributed by atoms with E-state index in [1.165, 1.54) is 30.3 Å². The lowest BCUT2D eigenvalue weighted by Gasteiger charge is -2.34. The third-order valence-corrected chi connectivity index (χ3v) is 5.24. The van der Waals surface area contributed by atoms with Crippen molar-refractivity contribution in [1.29, 1.82) is 0 Å². The maximum Gasteiger partial charge on any atom is 0.310 e. The van der Waals surface area contributed by atoms with Crippen LogP contribution in [0.15, 0.2) is 48.5 Å². The number of carbonyl (C=O) groups excluding carboxylic acids is 1. The van der Waals surface area contributed by atoms with Crippen molar-refractivity contribution in [2.45, 2.75) is 12.8 Å². The molecule has 1 fully saturated rings. The van der Waals surface area contributed by atoms with Gasteiger partial charge in [0.15, 0.2) is 11.5 Å². The Bertz CT molecular complexity index is 852. The summed E-state index contributed by atoms with van der Waals surface area (Å²) in [5, 5.41) is 11.0. The molecule has 1 aliphatic heterocycles. The van der Waals surface area contributed by atoms with Crippen LogP contribution in [0.1, 0.15) is 23.2 Å². The lowest BCUT2D eigenvalue weighted by atomic mass is 10.1. The van der Waals surface area contributed by atoms with E-state index in [9.17, 15) is 19.3 Å². The number of hydrogen-bond donors (Lipinski definition) is 0. The van der Waals surface area contributed by atoms with E-state index in [1.54, 1.807) is 18.2 Å². The number of rotatable bonds is 10. The molecule has 0 unspecified atom stereocenters. The van der Waals surface area contributed by atoms with Gasteiger partial charge in [0.1, 0.15) is 12.4 Å². The number of carbonyl (C=O) groups is 1. The summed E-state index contributed by atoms with van der Waals surface area (Å²) in [4.78, 5) is 27.3. The molecule has 3 rings (SSSR count). The summed E-state index contributed by atoms with van der Waals surface area (Å²) in [5.74, 6) is 0.00422. The van der Waals surface area contributed by atoms with Crippen LogP contribution >= 0.6 is 0 Å². The molecule has 0 bridgehead atoms. The largest absolute Gasteiger partial charge is 0.485 e. The molecule has 0 spiro atoms. The Morgan fingerprint density at radius 2 is 1.63 bits per heavy atom. The van der Waals surface area contributed by atoms with Gasteiger partial charge < -0.3 is 9.64 Å². The topological polar surface area (TPSA) is 75.9 Å². The quantitative estimate of drug-likeness (QED) is 0.336. The van der Waals surface area contributed by atoms with Gasteiger partial charge in [0.25, 0.3) is 0 Å². The molecule has 0 amide bonds. The van der Waals surface area contributed by atoms with Crippen LogP contribution in [0.3, 0.4) is 0 Å². The molecule has 1 aliphatic rings. The number of nitro benzene ring substituents is 1. The molecule has 30 heavy (non-hydrogen) atoms. The first-order valence-electron chi connectivity index (χ1n) is 10.1. The Hall–Kier alpha value is -2.84. The fraction of sp³-hybridized carbons (Fsp3) is 0.409. The maximum atomic E-state index is 12.9. The Morgan fingerprint density at radius 1 is 1.00 bits per heavy atom. The average molecular weight is 415 g/mol. The fourth-order valence-corrected chi connectivity index (χ4v) is 3.49. The van der Waals surface area contributed by atoms with Gasteiger partial charge in [-0.1, -0.05) is 12.1 Å². The predicted molar refractivity (Wildman–Crippen MR) is 111 cm³/mol. The van der Waals surface area contributed by atoms with Gasteiger partial charge in [0.2, 0.25) is 0 Å². The minimum atomic E-state index is -0.436. The van der Waals surface area contributed by atoms with Crippen LogP contribution in [0.5, 0.6) is 5.75 Å². The molecule has 0 aliphatic carbocycles. The van der Waals surface area contributed by atoms with Gasteiger partial charge in [-0.05, 0) is 43.3 Å². The van der Waals surface area contributed by atoms with Crippen molar-refractivity contribution >= 4 is 11.5 Å². The minimum absolute atomic E-state index is 0.0162. The van der Waals surface area contributed by atoms with E-state index in [0.29, 0.717) is 30.9 Å². The molecule has 7 nitrogen and oxygen atoms in total. The number of benzene rings is 2. The van der Waals surface area contributed by atoms with Crippen LogP contribution in [0.2, 0.25) is 0 Å². The van der Waals surface area contributed by atoms with Crippen molar-refractivity contribution in [2.75, 3.05) is 45.9 Å². The second kappa shape index (κ2) is 10.8. The molecule has 0 radical (unpaired) electrons. The van der Waals surface area contributed by atoms with Crippen LogP contribution in [-0.2, 0) is 0 Å². The average Bonchev–Trinajstić information content (AvgIpc) is 2.75. The van der Waals surface area contributed by atoms with Crippen molar-refractivity contribution in [3.05, 3.63) is 70.0 Å². The zero-order chi connectivity index (χ0) is 21.3. The minimum Gasteiger partial charge on any atom is -0.485 e. The van der Waals surface area contributed by atoms with E-state index in [2.05, 4.69) is 9.80 Å². The first-order chi connectivity index (χ1) is 14.5. The summed E-state index contributed by atoms with van der Waals surface area (Å²) in [7, 11) is 0. The van der Waals surface area contributed by atoms with Gasteiger partial charge in [-0.15, -0.1) is 0 Å². The summed E-state index contributed by atoms with van der Waals surface area (Å²) < 4.78 is 18.5. The molecular formula is C22H26FN3O4. The maximum absolute atomic E-state index is 12.9. The van der Waals surface area contributed by atoms with Crippen LogP contribution in [0.25, 0.3) is 0 Å².